The maximum atomic E-state index is 13.2. The molecule has 2 aromatic rings. The predicted octanol–water partition coefficient (Wildman–Crippen LogP) is 3.89. The first kappa shape index (κ1) is 19.7. The highest BCUT2D eigenvalue weighted by Gasteiger charge is 2.47. The van der Waals surface area contributed by atoms with E-state index in [0.29, 0.717) is 11.4 Å². The number of carbonyl (C=O) groups excluding carboxylic acids is 1. The van der Waals surface area contributed by atoms with Crippen LogP contribution in [0.1, 0.15) is 47.4 Å². The van der Waals surface area contributed by atoms with E-state index in [1.165, 1.54) is 19.9 Å². The first-order valence-electron chi connectivity index (χ1n) is 7.85. The van der Waals surface area contributed by atoms with Crippen molar-refractivity contribution >= 4 is 38.5 Å². The Balaban J connectivity index is 2.77. The molecule has 138 valence electrons. The molecule has 0 spiro atoms. The number of carbonyl (C=O) groups is 1. The zero-order valence-electron chi connectivity index (χ0n) is 15.1. The molecule has 1 heterocycles. The third-order valence-electron chi connectivity index (χ3n) is 3.81. The zero-order valence-corrected chi connectivity index (χ0v) is 16.7. The quantitative estimate of drug-likeness (QED) is 0.739. The molecule has 1 aromatic carbocycles. The predicted molar refractivity (Wildman–Crippen MR) is 95.6 cm³/mol. The van der Waals surface area contributed by atoms with E-state index >= 15 is 0 Å². The van der Waals surface area contributed by atoms with Crippen molar-refractivity contribution < 1.29 is 22.4 Å². The third kappa shape index (κ3) is 3.27. The number of benzene rings is 1. The normalized spacial score (nSPS) is 13.2. The number of halogens is 1. The second kappa shape index (κ2) is 6.29. The van der Waals surface area contributed by atoms with E-state index < -0.39 is 26.0 Å². The first-order valence-corrected chi connectivity index (χ1v) is 9.71. The lowest BCUT2D eigenvalue weighted by molar-refractivity contribution is -0.145. The molecule has 6 nitrogen and oxygen atoms in total. The summed E-state index contributed by atoms with van der Waals surface area (Å²) in [7, 11) is -4.19. The molecule has 25 heavy (non-hydrogen) atoms. The third-order valence-corrected chi connectivity index (χ3v) is 6.69. The number of fused-ring (bicyclic) bond motifs is 1. The maximum absolute atomic E-state index is 13.2. The number of hydrogen-bond acceptors (Lipinski definition) is 6. The molecule has 0 saturated heterocycles. The lowest BCUT2D eigenvalue weighted by Crippen LogP contribution is -2.42. The van der Waals surface area contributed by atoms with Crippen molar-refractivity contribution in [1.29, 1.82) is 0 Å². The molecule has 0 aliphatic carbocycles. The zero-order chi connectivity index (χ0) is 19.2. The van der Waals surface area contributed by atoms with Gasteiger partial charge in [-0.05, 0) is 32.9 Å². The number of nitrogens with zero attached hydrogens (tertiary/aromatic N) is 1. The Bertz CT molecular complexity index is 922. The first-order chi connectivity index (χ1) is 11.3. The van der Waals surface area contributed by atoms with Gasteiger partial charge in [-0.25, -0.2) is 13.4 Å². The summed E-state index contributed by atoms with van der Waals surface area (Å²) < 4.78 is 35.2. The van der Waals surface area contributed by atoms with Crippen LogP contribution in [0.4, 0.5) is 0 Å². The van der Waals surface area contributed by atoms with Gasteiger partial charge in [-0.1, -0.05) is 32.4 Å². The summed E-state index contributed by atoms with van der Waals surface area (Å²) in [6, 6.07) is 3.03. The fourth-order valence-electron chi connectivity index (χ4n) is 2.18. The average Bonchev–Trinajstić information content (AvgIpc) is 2.90. The molecule has 0 radical (unpaired) electrons. The molecule has 0 aliphatic rings. The molecule has 0 fully saturated rings. The fraction of sp³-hybridized carbons (Fsp3) is 0.529. The van der Waals surface area contributed by atoms with Crippen LogP contribution in [-0.2, 0) is 24.8 Å². The summed E-state index contributed by atoms with van der Waals surface area (Å²) in [6.45, 7) is 9.96. The van der Waals surface area contributed by atoms with Gasteiger partial charge in [0.1, 0.15) is 10.4 Å². The van der Waals surface area contributed by atoms with Gasteiger partial charge in [-0.2, -0.15) is 0 Å². The van der Waals surface area contributed by atoms with Gasteiger partial charge in [0.05, 0.1) is 11.6 Å². The van der Waals surface area contributed by atoms with Gasteiger partial charge in [-0.3, -0.25) is 4.79 Å². The minimum absolute atomic E-state index is 0.0264. The van der Waals surface area contributed by atoms with Crippen LogP contribution in [0, 0.1) is 0 Å². The molecule has 0 atom stereocenters. The number of oxazole rings is 1. The lowest BCUT2D eigenvalue weighted by atomic mass is 9.97. The molecule has 0 unspecified atom stereocenters. The molecular weight excluding hydrogens is 366 g/mol. The maximum Gasteiger partial charge on any atom is 0.327 e. The van der Waals surface area contributed by atoms with E-state index in [1.807, 2.05) is 20.8 Å². The highest BCUT2D eigenvalue weighted by atomic mass is 35.5. The topological polar surface area (TPSA) is 86.5 Å². The van der Waals surface area contributed by atoms with Gasteiger partial charge in [0.15, 0.2) is 20.2 Å². The van der Waals surface area contributed by atoms with E-state index in [9.17, 15) is 13.2 Å². The van der Waals surface area contributed by atoms with E-state index in [0.717, 1.165) is 0 Å². The minimum atomic E-state index is -4.19. The summed E-state index contributed by atoms with van der Waals surface area (Å²) >= 11 is 6.18. The van der Waals surface area contributed by atoms with Crippen molar-refractivity contribution in [1.82, 2.24) is 4.98 Å². The number of hydrogen-bond donors (Lipinski definition) is 0. The van der Waals surface area contributed by atoms with E-state index in [2.05, 4.69) is 4.98 Å². The van der Waals surface area contributed by atoms with Crippen LogP contribution in [0.25, 0.3) is 11.1 Å². The van der Waals surface area contributed by atoms with Crippen LogP contribution < -0.4 is 0 Å². The standard InChI is InChI=1S/C17H22ClNO5S/c1-7-23-15(20)17(5,6)25(21,22)13-10(18)8-9-11-12(13)24-14(19-11)16(2,3)4/h8-9H,7H2,1-6H3. The smallest absolute Gasteiger partial charge is 0.327 e. The Morgan fingerprint density at radius 3 is 2.36 bits per heavy atom. The van der Waals surface area contributed by atoms with Crippen LogP contribution in [-0.4, -0.2) is 30.7 Å². The fourth-order valence-corrected chi connectivity index (χ4v) is 4.14. The van der Waals surface area contributed by atoms with Crippen molar-refractivity contribution in [2.24, 2.45) is 0 Å². The Morgan fingerprint density at radius 2 is 1.84 bits per heavy atom. The Kier molecular flexibility index (Phi) is 4.96. The van der Waals surface area contributed by atoms with Crippen molar-refractivity contribution in [3.05, 3.63) is 23.0 Å². The van der Waals surface area contributed by atoms with Crippen LogP contribution in [0.15, 0.2) is 21.4 Å². The SMILES string of the molecule is CCOC(=O)C(C)(C)S(=O)(=O)c1c(Cl)ccc2nc(C(C)(C)C)oc12. The molecule has 0 N–H and O–H groups in total. The number of aromatic nitrogens is 1. The van der Waals surface area contributed by atoms with Gasteiger partial charge in [0.2, 0.25) is 5.89 Å². The molecule has 0 bridgehead atoms. The Labute approximate surface area is 152 Å². The average molecular weight is 388 g/mol. The summed E-state index contributed by atoms with van der Waals surface area (Å²) in [4.78, 5) is 16.3. The molecule has 0 saturated carbocycles. The summed E-state index contributed by atoms with van der Waals surface area (Å²) in [6.07, 6.45) is 0. The molecule has 0 aliphatic heterocycles. The summed E-state index contributed by atoms with van der Waals surface area (Å²) in [5, 5.41) is -0.0264. The molecule has 0 amide bonds. The van der Waals surface area contributed by atoms with Crippen LogP contribution >= 0.6 is 11.6 Å². The van der Waals surface area contributed by atoms with Crippen LogP contribution in [0.2, 0.25) is 5.02 Å². The van der Waals surface area contributed by atoms with Crippen LogP contribution in [0.3, 0.4) is 0 Å². The highest BCUT2D eigenvalue weighted by Crippen LogP contribution is 2.38. The van der Waals surface area contributed by atoms with Crippen LogP contribution in [0.5, 0.6) is 0 Å². The van der Waals surface area contributed by atoms with E-state index in [4.69, 9.17) is 20.8 Å². The van der Waals surface area contributed by atoms with Gasteiger partial charge < -0.3 is 9.15 Å². The molecule has 8 heteroatoms. The van der Waals surface area contributed by atoms with Crippen molar-refractivity contribution in [2.75, 3.05) is 6.61 Å². The second-order valence-electron chi connectivity index (χ2n) is 7.23. The number of sulfone groups is 1. The van der Waals surface area contributed by atoms with Crippen molar-refractivity contribution in [3.8, 4) is 0 Å². The summed E-state index contributed by atoms with van der Waals surface area (Å²) in [5.74, 6) is -0.464. The number of ether oxygens (including phenoxy) is 1. The monoisotopic (exact) mass is 387 g/mol. The Morgan fingerprint density at radius 1 is 1.24 bits per heavy atom. The second-order valence-corrected chi connectivity index (χ2v) is 10.1. The minimum Gasteiger partial charge on any atom is -0.465 e. The van der Waals surface area contributed by atoms with Crippen molar-refractivity contribution in [3.63, 3.8) is 0 Å². The Hall–Kier alpha value is -1.60. The number of esters is 1. The van der Waals surface area contributed by atoms with E-state index in [1.54, 1.807) is 13.0 Å². The van der Waals surface area contributed by atoms with Gasteiger partial charge in [0.25, 0.3) is 0 Å². The van der Waals surface area contributed by atoms with Crippen molar-refractivity contribution in [2.45, 2.75) is 56.6 Å². The van der Waals surface area contributed by atoms with Gasteiger partial charge in [0, 0.05) is 5.41 Å². The lowest BCUT2D eigenvalue weighted by Gasteiger charge is -2.23. The van der Waals surface area contributed by atoms with Gasteiger partial charge in [-0.15, -0.1) is 0 Å². The molecular formula is C17H22ClNO5S. The molecule has 1 aromatic heterocycles. The largest absolute Gasteiger partial charge is 0.465 e. The van der Waals surface area contributed by atoms with Gasteiger partial charge >= 0.3 is 5.97 Å². The number of rotatable bonds is 4. The molecule has 2 rings (SSSR count). The highest BCUT2D eigenvalue weighted by molar-refractivity contribution is 7.93. The van der Waals surface area contributed by atoms with E-state index in [-0.39, 0.29) is 22.1 Å². The summed E-state index contributed by atoms with van der Waals surface area (Å²) in [5.41, 5.74) is 0.00534.